The van der Waals surface area contributed by atoms with E-state index in [0.717, 1.165) is 5.39 Å². The topological polar surface area (TPSA) is 159 Å². The summed E-state index contributed by atoms with van der Waals surface area (Å²) in [5.74, 6) is -1.42. The smallest absolute Gasteiger partial charge is 0.338 e. The van der Waals surface area contributed by atoms with Gasteiger partial charge >= 0.3 is 29.0 Å². The fourth-order valence-electron chi connectivity index (χ4n) is 4.29. The molecule has 1 heterocycles. The number of carbonyl (C=O) groups excluding carboxylic acids is 2. The Hall–Kier alpha value is -5.07. The van der Waals surface area contributed by atoms with E-state index in [2.05, 4.69) is 6.58 Å². The van der Waals surface area contributed by atoms with Crippen LogP contribution in [0.1, 0.15) is 20.7 Å². The van der Waals surface area contributed by atoms with Gasteiger partial charge in [0.15, 0.2) is 0 Å². The Morgan fingerprint density at radius 2 is 1.24 bits per heavy atom. The van der Waals surface area contributed by atoms with E-state index in [4.69, 9.17) is 9.47 Å². The molecule has 0 radical (unpaired) electrons. The Morgan fingerprint density at radius 3 is 1.86 bits per heavy atom. The first-order chi connectivity index (χ1) is 20.2. The third-order valence-electron chi connectivity index (χ3n) is 6.32. The van der Waals surface area contributed by atoms with Gasteiger partial charge in [-0.25, -0.2) is 37.7 Å². The largest absolute Gasteiger partial charge is 0.459 e. The summed E-state index contributed by atoms with van der Waals surface area (Å²) in [5.41, 5.74) is -2.63. The van der Waals surface area contributed by atoms with E-state index in [9.17, 15) is 34.2 Å². The average Bonchev–Trinajstić information content (AvgIpc) is 3.01. The Bertz CT molecular complexity index is 1770. The second-order valence-electron chi connectivity index (χ2n) is 9.37. The molecule has 0 aliphatic carbocycles. The van der Waals surface area contributed by atoms with Crippen LogP contribution in [0.15, 0.2) is 99.8 Å². The van der Waals surface area contributed by atoms with Gasteiger partial charge in [0.25, 0.3) is 0 Å². The molecule has 0 aliphatic heterocycles. The van der Waals surface area contributed by atoms with Crippen molar-refractivity contribution in [1.82, 2.24) is 13.7 Å². The number of carbonyl (C=O) groups is 2. The van der Waals surface area contributed by atoms with Gasteiger partial charge < -0.3 is 19.7 Å². The molecule has 12 nitrogen and oxygen atoms in total. The average molecular weight is 576 g/mol. The Balaban J connectivity index is 1.49. The minimum atomic E-state index is -1.49. The van der Waals surface area contributed by atoms with Crippen LogP contribution in [-0.2, 0) is 29.1 Å². The number of aromatic nitrogens is 3. The standard InChI is InChI=1S/C30H29N3O9/c1-2-15-31-28(38)32(16-22(34)18-41-26(36)21-10-4-3-5-11-21)30(40)33(29(31)39)17-23(35)19-42-27(37)25-14-8-12-20-9-6-7-13-24(20)25/h2-14,22-23,34-35H,1,15-19H2. The second kappa shape index (κ2) is 13.5. The zero-order valence-electron chi connectivity index (χ0n) is 22.5. The van der Waals surface area contributed by atoms with Crippen LogP contribution in [0.25, 0.3) is 10.8 Å². The third kappa shape index (κ3) is 6.79. The Kier molecular flexibility index (Phi) is 9.63. The van der Waals surface area contributed by atoms with Crippen molar-refractivity contribution in [3.63, 3.8) is 0 Å². The number of ether oxygens (including phenoxy) is 2. The molecule has 4 rings (SSSR count). The lowest BCUT2D eigenvalue weighted by molar-refractivity contribution is 0.0190. The zero-order chi connectivity index (χ0) is 30.2. The number of allylic oxidation sites excluding steroid dienone is 1. The van der Waals surface area contributed by atoms with Crippen molar-refractivity contribution >= 4 is 22.7 Å². The molecule has 4 aromatic rings. The SMILES string of the molecule is C=CCn1c(=O)n(CC(O)COC(=O)c2ccccc2)c(=O)n(CC(O)COC(=O)c2cccc3ccccc23)c1=O. The van der Waals surface area contributed by atoms with Crippen LogP contribution in [0.5, 0.6) is 0 Å². The van der Waals surface area contributed by atoms with Crippen molar-refractivity contribution in [3.8, 4) is 0 Å². The van der Waals surface area contributed by atoms with Crippen LogP contribution in [0.2, 0.25) is 0 Å². The van der Waals surface area contributed by atoms with Gasteiger partial charge in [-0.3, -0.25) is 0 Å². The first-order valence-corrected chi connectivity index (χ1v) is 13.0. The normalized spacial score (nSPS) is 12.4. The summed E-state index contributed by atoms with van der Waals surface area (Å²) < 4.78 is 12.2. The van der Waals surface area contributed by atoms with Gasteiger partial charge in [-0.05, 0) is 29.0 Å². The first kappa shape index (κ1) is 29.9. The molecule has 0 aliphatic rings. The van der Waals surface area contributed by atoms with Gasteiger partial charge in [-0.15, -0.1) is 6.58 Å². The predicted octanol–water partition coefficient (Wildman–Crippen LogP) is 0.947. The monoisotopic (exact) mass is 575 g/mol. The van der Waals surface area contributed by atoms with Crippen molar-refractivity contribution in [3.05, 3.63) is 128 Å². The highest BCUT2D eigenvalue weighted by Crippen LogP contribution is 2.19. The molecule has 2 N–H and O–H groups in total. The molecule has 3 aromatic carbocycles. The van der Waals surface area contributed by atoms with Gasteiger partial charge in [0.1, 0.15) is 25.4 Å². The van der Waals surface area contributed by atoms with Crippen LogP contribution in [0, 0.1) is 0 Å². The summed E-state index contributed by atoms with van der Waals surface area (Å²) in [6.07, 6.45) is -1.70. The number of rotatable bonds is 12. The second-order valence-corrected chi connectivity index (χ2v) is 9.37. The van der Waals surface area contributed by atoms with E-state index in [1.54, 1.807) is 42.5 Å². The van der Waals surface area contributed by atoms with Crippen molar-refractivity contribution in [2.75, 3.05) is 13.2 Å². The van der Waals surface area contributed by atoms with E-state index < -0.39 is 67.5 Å². The first-order valence-electron chi connectivity index (χ1n) is 13.0. The molecule has 2 unspecified atom stereocenters. The molecule has 0 fully saturated rings. The summed E-state index contributed by atoms with van der Waals surface area (Å²) in [6.45, 7) is 0.943. The van der Waals surface area contributed by atoms with Crippen LogP contribution in [0.3, 0.4) is 0 Å². The van der Waals surface area contributed by atoms with E-state index in [0.29, 0.717) is 19.1 Å². The molecular formula is C30H29N3O9. The lowest BCUT2D eigenvalue weighted by Gasteiger charge is -2.18. The summed E-state index contributed by atoms with van der Waals surface area (Å²) in [4.78, 5) is 63.9. The summed E-state index contributed by atoms with van der Waals surface area (Å²) in [6, 6.07) is 20.3. The van der Waals surface area contributed by atoms with E-state index in [-0.39, 0.29) is 17.7 Å². The van der Waals surface area contributed by atoms with Crippen molar-refractivity contribution in [2.45, 2.75) is 31.8 Å². The van der Waals surface area contributed by atoms with Gasteiger partial charge in [0.05, 0.1) is 30.8 Å². The summed E-state index contributed by atoms with van der Waals surface area (Å²) in [7, 11) is 0. The highest BCUT2D eigenvalue weighted by Gasteiger charge is 2.21. The number of benzene rings is 3. The number of nitrogens with zero attached hydrogens (tertiary/aromatic N) is 3. The number of fused-ring (bicyclic) bond motifs is 1. The highest BCUT2D eigenvalue weighted by molar-refractivity contribution is 6.04. The maximum Gasteiger partial charge on any atom is 0.338 e. The molecule has 0 spiro atoms. The quantitative estimate of drug-likeness (QED) is 0.185. The van der Waals surface area contributed by atoms with Crippen molar-refractivity contribution in [2.24, 2.45) is 0 Å². The molecule has 12 heteroatoms. The van der Waals surface area contributed by atoms with Gasteiger partial charge in [-0.1, -0.05) is 60.7 Å². The number of aliphatic hydroxyl groups is 2. The molecule has 1 aromatic heterocycles. The van der Waals surface area contributed by atoms with Gasteiger partial charge in [0.2, 0.25) is 0 Å². The maximum absolute atomic E-state index is 13.2. The molecule has 0 bridgehead atoms. The number of hydrogen-bond acceptors (Lipinski definition) is 9. The molecule has 0 saturated heterocycles. The molecular weight excluding hydrogens is 546 g/mol. The number of esters is 2. The summed E-state index contributed by atoms with van der Waals surface area (Å²) in [5, 5.41) is 22.5. The minimum Gasteiger partial charge on any atom is -0.459 e. The predicted molar refractivity (Wildman–Crippen MR) is 152 cm³/mol. The lowest BCUT2D eigenvalue weighted by atomic mass is 10.1. The Morgan fingerprint density at radius 1 is 0.714 bits per heavy atom. The molecule has 0 amide bonds. The number of hydrogen-bond donors (Lipinski definition) is 2. The molecule has 218 valence electrons. The Labute approximate surface area is 238 Å². The van der Waals surface area contributed by atoms with Crippen molar-refractivity contribution < 1.29 is 29.3 Å². The summed E-state index contributed by atoms with van der Waals surface area (Å²) >= 11 is 0. The molecule has 42 heavy (non-hydrogen) atoms. The van der Waals surface area contributed by atoms with Crippen LogP contribution in [0.4, 0.5) is 0 Å². The van der Waals surface area contributed by atoms with E-state index in [1.807, 2.05) is 18.2 Å². The van der Waals surface area contributed by atoms with Crippen molar-refractivity contribution in [1.29, 1.82) is 0 Å². The third-order valence-corrected chi connectivity index (χ3v) is 6.32. The van der Waals surface area contributed by atoms with E-state index in [1.165, 1.54) is 18.2 Å². The zero-order valence-corrected chi connectivity index (χ0v) is 22.5. The number of aliphatic hydroxyl groups excluding tert-OH is 2. The maximum atomic E-state index is 13.2. The van der Waals surface area contributed by atoms with Crippen LogP contribution in [-0.4, -0.2) is 61.3 Å². The highest BCUT2D eigenvalue weighted by atomic mass is 16.5. The molecule has 0 saturated carbocycles. The lowest BCUT2D eigenvalue weighted by Crippen LogP contribution is -2.56. The van der Waals surface area contributed by atoms with Crippen LogP contribution < -0.4 is 17.1 Å². The van der Waals surface area contributed by atoms with Gasteiger partial charge in [0, 0.05) is 0 Å². The molecule has 2 atom stereocenters. The minimum absolute atomic E-state index is 0.249. The fraction of sp³-hybridized carbons (Fsp3) is 0.233. The van der Waals surface area contributed by atoms with E-state index >= 15 is 0 Å². The fourth-order valence-corrected chi connectivity index (χ4v) is 4.29. The van der Waals surface area contributed by atoms with Gasteiger partial charge in [-0.2, -0.15) is 0 Å². The van der Waals surface area contributed by atoms with Crippen LogP contribution >= 0.6 is 0 Å².